The van der Waals surface area contributed by atoms with Crippen LogP contribution in [0.1, 0.15) is 23.6 Å². The summed E-state index contributed by atoms with van der Waals surface area (Å²) in [4.78, 5) is 1.26. The minimum atomic E-state index is -0.428. The Balaban J connectivity index is 1.25. The van der Waals surface area contributed by atoms with Crippen LogP contribution in [0.15, 0.2) is 65.6 Å². The van der Waals surface area contributed by atoms with E-state index in [4.69, 9.17) is 14.2 Å². The van der Waals surface area contributed by atoms with E-state index in [1.165, 1.54) is 4.90 Å². The molecule has 0 aliphatic carbocycles. The summed E-state index contributed by atoms with van der Waals surface area (Å²) >= 11 is 1.80. The second kappa shape index (κ2) is 5.76. The van der Waals surface area contributed by atoms with Crippen LogP contribution in [0, 0.1) is 0 Å². The van der Waals surface area contributed by atoms with Crippen LogP contribution >= 0.6 is 11.8 Å². The maximum absolute atomic E-state index is 6.09. The summed E-state index contributed by atoms with van der Waals surface area (Å²) < 4.78 is 18.1. The first kappa shape index (κ1) is 15.1. The van der Waals surface area contributed by atoms with Gasteiger partial charge in [0.1, 0.15) is 5.75 Å². The minimum absolute atomic E-state index is 0.225. The first-order valence-corrected chi connectivity index (χ1v) is 9.82. The van der Waals surface area contributed by atoms with Crippen LogP contribution in [0.25, 0.3) is 0 Å². The van der Waals surface area contributed by atoms with Gasteiger partial charge in [-0.25, -0.2) is 0 Å². The number of anilines is 2. The number of hydrogen-bond acceptors (Lipinski definition) is 6. The fraction of sp³-hybridized carbons (Fsp3) is 0.143. The zero-order valence-electron chi connectivity index (χ0n) is 14.3. The van der Waals surface area contributed by atoms with E-state index in [0.29, 0.717) is 0 Å². The van der Waals surface area contributed by atoms with Gasteiger partial charge in [-0.15, -0.1) is 11.8 Å². The van der Waals surface area contributed by atoms with Crippen molar-refractivity contribution in [3.8, 4) is 17.2 Å². The van der Waals surface area contributed by atoms with E-state index in [1.807, 2.05) is 42.5 Å². The third-order valence-electron chi connectivity index (χ3n) is 4.92. The van der Waals surface area contributed by atoms with Crippen molar-refractivity contribution in [3.05, 3.63) is 71.8 Å². The molecule has 0 spiro atoms. The van der Waals surface area contributed by atoms with E-state index in [9.17, 15) is 0 Å². The summed E-state index contributed by atoms with van der Waals surface area (Å²) in [7, 11) is 0. The highest BCUT2D eigenvalue weighted by Gasteiger charge is 2.30. The number of thioether (sulfide) groups is 1. The molecule has 2 unspecified atom stereocenters. The zero-order valence-corrected chi connectivity index (χ0v) is 15.1. The highest BCUT2D eigenvalue weighted by atomic mass is 32.2. The number of nitrogens with one attached hydrogen (secondary N) is 2. The van der Waals surface area contributed by atoms with Crippen molar-refractivity contribution in [2.24, 2.45) is 0 Å². The molecule has 0 aromatic heterocycles. The normalized spacial score (nSPS) is 21.0. The first-order valence-electron chi connectivity index (χ1n) is 8.84. The summed E-state index contributed by atoms with van der Waals surface area (Å²) in [6, 6.07) is 20.2. The molecule has 0 saturated carbocycles. The average Bonchev–Trinajstić information content (AvgIpc) is 3.42. The predicted octanol–water partition coefficient (Wildman–Crippen LogP) is 5.13. The van der Waals surface area contributed by atoms with Gasteiger partial charge in [0.05, 0.1) is 11.6 Å². The van der Waals surface area contributed by atoms with Gasteiger partial charge in [-0.3, -0.25) is 0 Å². The molecule has 134 valence electrons. The van der Waals surface area contributed by atoms with Gasteiger partial charge >= 0.3 is 0 Å². The van der Waals surface area contributed by atoms with E-state index in [-0.39, 0.29) is 6.23 Å². The molecule has 6 rings (SSSR count). The molecule has 3 aromatic carbocycles. The molecule has 27 heavy (non-hydrogen) atoms. The lowest BCUT2D eigenvalue weighted by Crippen LogP contribution is -2.10. The lowest BCUT2D eigenvalue weighted by Gasteiger charge is -2.12. The third-order valence-corrected chi connectivity index (χ3v) is 5.88. The largest absolute Gasteiger partial charge is 0.464 e. The van der Waals surface area contributed by atoms with E-state index >= 15 is 0 Å². The molecule has 5 nitrogen and oxygen atoms in total. The number of para-hydroxylation sites is 2. The van der Waals surface area contributed by atoms with Gasteiger partial charge in [0, 0.05) is 21.7 Å². The SMILES string of the molecule is c1ccc2c(c1)NC(c1ccc3c(c1)OC(c1ccc4c(c1)NCS4)O3)O2. The molecule has 3 aromatic rings. The Kier molecular flexibility index (Phi) is 3.22. The van der Waals surface area contributed by atoms with Crippen molar-refractivity contribution >= 4 is 23.1 Å². The predicted molar refractivity (Wildman–Crippen MR) is 105 cm³/mol. The van der Waals surface area contributed by atoms with Gasteiger partial charge in [-0.2, -0.15) is 0 Å². The van der Waals surface area contributed by atoms with Crippen LogP contribution in [-0.4, -0.2) is 5.88 Å². The summed E-state index contributed by atoms with van der Waals surface area (Å²) in [6.07, 6.45) is -0.654. The van der Waals surface area contributed by atoms with Crippen LogP contribution < -0.4 is 24.8 Å². The van der Waals surface area contributed by atoms with Gasteiger partial charge in [0.2, 0.25) is 0 Å². The molecular weight excluding hydrogens is 360 g/mol. The Morgan fingerprint density at radius 1 is 0.778 bits per heavy atom. The Morgan fingerprint density at radius 2 is 1.67 bits per heavy atom. The fourth-order valence-corrected chi connectivity index (χ4v) is 4.39. The summed E-state index contributed by atoms with van der Waals surface area (Å²) in [6.45, 7) is 0. The lowest BCUT2D eigenvalue weighted by molar-refractivity contribution is 0.0487. The average molecular weight is 376 g/mol. The van der Waals surface area contributed by atoms with Crippen LogP contribution in [0.3, 0.4) is 0 Å². The molecule has 0 bridgehead atoms. The van der Waals surface area contributed by atoms with Gasteiger partial charge in [-0.05, 0) is 42.5 Å². The molecule has 3 heterocycles. The van der Waals surface area contributed by atoms with Crippen molar-refractivity contribution in [2.45, 2.75) is 17.4 Å². The fourth-order valence-electron chi connectivity index (χ4n) is 3.56. The molecule has 6 heteroatoms. The van der Waals surface area contributed by atoms with Crippen molar-refractivity contribution in [2.75, 3.05) is 16.5 Å². The van der Waals surface area contributed by atoms with Crippen LogP contribution in [0.5, 0.6) is 17.2 Å². The summed E-state index contributed by atoms with van der Waals surface area (Å²) in [5, 5.41) is 6.75. The molecule has 3 aliphatic heterocycles. The standard InChI is InChI=1S/C21H16N2O3S/c1-2-4-16-14(3-1)23-20(24-16)12-5-7-17-18(10-12)26-21(25-17)13-6-8-19-15(9-13)22-11-27-19/h1-10,20-23H,11H2. The van der Waals surface area contributed by atoms with Crippen molar-refractivity contribution < 1.29 is 14.2 Å². The smallest absolute Gasteiger partial charge is 0.268 e. The molecule has 2 atom stereocenters. The molecule has 0 fully saturated rings. The number of ether oxygens (including phenoxy) is 3. The summed E-state index contributed by atoms with van der Waals surface area (Å²) in [5.41, 5.74) is 4.15. The molecular formula is C21H16N2O3S. The van der Waals surface area contributed by atoms with Crippen LogP contribution in [0.2, 0.25) is 0 Å². The Labute approximate surface area is 160 Å². The van der Waals surface area contributed by atoms with Crippen molar-refractivity contribution in [1.29, 1.82) is 0 Å². The molecule has 2 N–H and O–H groups in total. The Hall–Kier alpha value is -2.99. The second-order valence-electron chi connectivity index (χ2n) is 6.63. The maximum atomic E-state index is 6.09. The third kappa shape index (κ3) is 2.48. The van der Waals surface area contributed by atoms with E-state index < -0.39 is 6.29 Å². The van der Waals surface area contributed by atoms with Gasteiger partial charge in [-0.1, -0.05) is 18.2 Å². The molecule has 3 aliphatic rings. The monoisotopic (exact) mass is 376 g/mol. The van der Waals surface area contributed by atoms with Crippen LogP contribution in [-0.2, 0) is 0 Å². The highest BCUT2D eigenvalue weighted by molar-refractivity contribution is 7.99. The van der Waals surface area contributed by atoms with E-state index in [1.54, 1.807) is 11.8 Å². The van der Waals surface area contributed by atoms with Crippen molar-refractivity contribution in [1.82, 2.24) is 0 Å². The van der Waals surface area contributed by atoms with Crippen LogP contribution in [0.4, 0.5) is 11.4 Å². The lowest BCUT2D eigenvalue weighted by atomic mass is 10.2. The zero-order chi connectivity index (χ0) is 17.8. The topological polar surface area (TPSA) is 51.8 Å². The number of fused-ring (bicyclic) bond motifs is 3. The Morgan fingerprint density at radius 3 is 2.63 bits per heavy atom. The molecule has 0 saturated heterocycles. The second-order valence-corrected chi connectivity index (χ2v) is 7.65. The van der Waals surface area contributed by atoms with Gasteiger partial charge in [0.25, 0.3) is 6.29 Å². The maximum Gasteiger partial charge on any atom is 0.268 e. The van der Waals surface area contributed by atoms with Crippen molar-refractivity contribution in [3.63, 3.8) is 0 Å². The van der Waals surface area contributed by atoms with Gasteiger partial charge in [0.15, 0.2) is 17.7 Å². The number of benzene rings is 3. The summed E-state index contributed by atoms with van der Waals surface area (Å²) in [5.74, 6) is 3.26. The number of hydrogen-bond donors (Lipinski definition) is 2. The molecule has 0 amide bonds. The quantitative estimate of drug-likeness (QED) is 0.646. The Bertz CT molecular complexity index is 1030. The minimum Gasteiger partial charge on any atom is -0.464 e. The van der Waals surface area contributed by atoms with E-state index in [0.717, 1.165) is 45.6 Å². The highest BCUT2D eigenvalue weighted by Crippen LogP contribution is 2.45. The number of rotatable bonds is 2. The van der Waals surface area contributed by atoms with E-state index in [2.05, 4.69) is 28.8 Å². The molecule has 0 radical (unpaired) electrons. The van der Waals surface area contributed by atoms with Gasteiger partial charge < -0.3 is 24.8 Å². The first-order chi connectivity index (χ1) is 13.3.